The minimum Gasteiger partial charge on any atom is -0.230 e. The van der Waals surface area contributed by atoms with Gasteiger partial charge in [0.05, 0.1) is 5.56 Å². The van der Waals surface area contributed by atoms with Crippen LogP contribution in [-0.2, 0) is 5.33 Å². The second-order valence-corrected chi connectivity index (χ2v) is 4.00. The summed E-state index contributed by atoms with van der Waals surface area (Å²) in [4.78, 5) is 3.80. The summed E-state index contributed by atoms with van der Waals surface area (Å²) < 4.78 is 25.1. The summed E-state index contributed by atoms with van der Waals surface area (Å²) in [6.45, 7) is 0. The topological polar surface area (TPSA) is 36.7 Å². The van der Waals surface area contributed by atoms with Gasteiger partial charge >= 0.3 is 0 Å². The highest BCUT2D eigenvalue weighted by molar-refractivity contribution is 14.1. The Morgan fingerprint density at radius 1 is 1.64 bits per heavy atom. The van der Waals surface area contributed by atoms with E-state index in [9.17, 15) is 8.78 Å². The maximum absolute atomic E-state index is 12.4. The van der Waals surface area contributed by atoms with E-state index in [4.69, 9.17) is 5.26 Å². The number of nitriles is 1. The Morgan fingerprint density at radius 3 is 2.71 bits per heavy atom. The van der Waals surface area contributed by atoms with E-state index in [0.717, 1.165) is 0 Å². The maximum Gasteiger partial charge on any atom is 0.266 e. The lowest BCUT2D eigenvalue weighted by Gasteiger charge is -2.06. The van der Waals surface area contributed by atoms with Crippen molar-refractivity contribution in [2.24, 2.45) is 0 Å². The summed E-state index contributed by atoms with van der Waals surface area (Å²) in [6.07, 6.45) is -2.56. The molecular weight excluding hydrogens is 369 g/mol. The van der Waals surface area contributed by atoms with E-state index >= 15 is 0 Å². The van der Waals surface area contributed by atoms with E-state index in [2.05, 4.69) is 20.9 Å². The van der Waals surface area contributed by atoms with Gasteiger partial charge in [0.25, 0.3) is 6.43 Å². The number of halogens is 4. The molecule has 0 aliphatic rings. The summed E-state index contributed by atoms with van der Waals surface area (Å²) >= 11 is 4.82. The van der Waals surface area contributed by atoms with Gasteiger partial charge < -0.3 is 0 Å². The van der Waals surface area contributed by atoms with Crippen molar-refractivity contribution < 1.29 is 8.78 Å². The Morgan fingerprint density at radius 2 is 2.29 bits per heavy atom. The second-order valence-electron chi connectivity index (χ2n) is 2.42. The second kappa shape index (κ2) is 4.98. The summed E-state index contributed by atoms with van der Waals surface area (Å²) in [5, 5.41) is 9.03. The fraction of sp³-hybridized carbons (Fsp3) is 0.250. The molecule has 0 fully saturated rings. The van der Waals surface area contributed by atoms with Gasteiger partial charge in [-0.2, -0.15) is 5.26 Å². The predicted molar refractivity (Wildman–Crippen MR) is 59.3 cm³/mol. The molecule has 0 saturated heterocycles. The summed E-state index contributed by atoms with van der Waals surface area (Å²) in [7, 11) is 0. The molecule has 0 amide bonds. The molecule has 1 rings (SSSR count). The number of hydrogen-bond donors (Lipinski definition) is 0. The Bertz CT molecular complexity index is 389. The van der Waals surface area contributed by atoms with Crippen molar-refractivity contribution in [1.29, 1.82) is 5.26 Å². The molecule has 6 heteroatoms. The van der Waals surface area contributed by atoms with Crippen molar-refractivity contribution in [3.8, 4) is 6.07 Å². The van der Waals surface area contributed by atoms with E-state index in [0.29, 0.717) is 10.9 Å². The highest BCUT2D eigenvalue weighted by Gasteiger charge is 2.16. The standard InChI is InChI=1S/C8H4BrF2IN2/c9-2-4-1-5(7(10)11)8(12)14-6(4)3-13/h1,7H,2H2. The molecule has 1 aromatic heterocycles. The molecule has 1 heterocycles. The normalized spacial score (nSPS) is 10.3. The van der Waals surface area contributed by atoms with E-state index in [-0.39, 0.29) is 15.0 Å². The lowest BCUT2D eigenvalue weighted by atomic mass is 10.2. The minimum absolute atomic E-state index is 0.126. The van der Waals surface area contributed by atoms with Gasteiger partial charge in [0.1, 0.15) is 15.5 Å². The van der Waals surface area contributed by atoms with E-state index in [1.54, 1.807) is 22.6 Å². The first-order valence-electron chi connectivity index (χ1n) is 3.53. The summed E-state index contributed by atoms with van der Waals surface area (Å²) in [5.41, 5.74) is 0.554. The largest absolute Gasteiger partial charge is 0.266 e. The van der Waals surface area contributed by atoms with Gasteiger partial charge in [0.15, 0.2) is 0 Å². The fourth-order valence-electron chi connectivity index (χ4n) is 0.902. The molecule has 0 N–H and O–H groups in total. The first-order chi connectivity index (χ1) is 6.60. The molecule has 0 saturated carbocycles. The SMILES string of the molecule is N#Cc1nc(I)c(C(F)F)cc1CBr. The zero-order valence-corrected chi connectivity index (χ0v) is 10.5. The van der Waals surface area contributed by atoms with E-state index in [1.807, 2.05) is 6.07 Å². The van der Waals surface area contributed by atoms with Gasteiger partial charge in [-0.05, 0) is 34.2 Å². The van der Waals surface area contributed by atoms with Crippen LogP contribution in [0.1, 0.15) is 23.2 Å². The van der Waals surface area contributed by atoms with Crippen molar-refractivity contribution in [2.75, 3.05) is 0 Å². The minimum atomic E-state index is -2.56. The third-order valence-electron chi connectivity index (χ3n) is 1.57. The number of pyridine rings is 1. The van der Waals surface area contributed by atoms with Crippen LogP contribution in [0.2, 0.25) is 0 Å². The molecule has 0 spiro atoms. The van der Waals surface area contributed by atoms with Crippen LogP contribution in [0.15, 0.2) is 6.07 Å². The molecular formula is C8H4BrF2IN2. The third-order valence-corrected chi connectivity index (χ3v) is 3.04. The zero-order chi connectivity index (χ0) is 10.7. The van der Waals surface area contributed by atoms with Gasteiger partial charge in [0, 0.05) is 5.33 Å². The van der Waals surface area contributed by atoms with Gasteiger partial charge in [-0.3, -0.25) is 0 Å². The van der Waals surface area contributed by atoms with Crippen LogP contribution in [0.25, 0.3) is 0 Å². The summed E-state index contributed by atoms with van der Waals surface area (Å²) in [5.74, 6) is 0. The lowest BCUT2D eigenvalue weighted by Crippen LogP contribution is -2.00. The number of aromatic nitrogens is 1. The Kier molecular flexibility index (Phi) is 4.19. The molecule has 14 heavy (non-hydrogen) atoms. The Hall–Kier alpha value is -0.290. The average molecular weight is 373 g/mol. The Labute approximate surface area is 102 Å². The molecule has 74 valence electrons. The smallest absolute Gasteiger partial charge is 0.230 e. The van der Waals surface area contributed by atoms with Gasteiger partial charge in [-0.15, -0.1) is 0 Å². The molecule has 1 aromatic rings. The van der Waals surface area contributed by atoms with Crippen LogP contribution in [0.4, 0.5) is 8.78 Å². The highest BCUT2D eigenvalue weighted by atomic mass is 127. The van der Waals surface area contributed by atoms with Crippen LogP contribution in [-0.4, -0.2) is 4.98 Å². The molecule has 0 aliphatic heterocycles. The van der Waals surface area contributed by atoms with Gasteiger partial charge in [-0.1, -0.05) is 15.9 Å². The Balaban J connectivity index is 3.32. The fourth-order valence-corrected chi connectivity index (χ4v) is 1.96. The van der Waals surface area contributed by atoms with Crippen molar-refractivity contribution in [1.82, 2.24) is 4.98 Å². The lowest BCUT2D eigenvalue weighted by molar-refractivity contribution is 0.150. The first-order valence-corrected chi connectivity index (χ1v) is 5.73. The molecule has 0 radical (unpaired) electrons. The van der Waals surface area contributed by atoms with Crippen LogP contribution in [0.5, 0.6) is 0 Å². The molecule has 0 atom stereocenters. The van der Waals surface area contributed by atoms with Crippen LogP contribution in [0, 0.1) is 15.0 Å². The third kappa shape index (κ3) is 2.39. The van der Waals surface area contributed by atoms with Crippen LogP contribution in [0.3, 0.4) is 0 Å². The predicted octanol–water partition coefficient (Wildman–Crippen LogP) is 3.39. The molecule has 0 bridgehead atoms. The number of nitrogens with zero attached hydrogens (tertiary/aromatic N) is 2. The van der Waals surface area contributed by atoms with E-state index < -0.39 is 6.43 Å². The van der Waals surface area contributed by atoms with Crippen molar-refractivity contribution in [3.05, 3.63) is 26.6 Å². The monoisotopic (exact) mass is 372 g/mol. The highest BCUT2D eigenvalue weighted by Crippen LogP contribution is 2.26. The molecule has 2 nitrogen and oxygen atoms in total. The van der Waals surface area contributed by atoms with Crippen molar-refractivity contribution in [2.45, 2.75) is 11.8 Å². The first kappa shape index (κ1) is 11.8. The van der Waals surface area contributed by atoms with E-state index in [1.165, 1.54) is 6.07 Å². The quantitative estimate of drug-likeness (QED) is 0.453. The molecule has 0 aliphatic carbocycles. The molecule has 0 aromatic carbocycles. The summed E-state index contributed by atoms with van der Waals surface area (Å²) in [6, 6.07) is 3.17. The maximum atomic E-state index is 12.4. The van der Waals surface area contributed by atoms with Crippen molar-refractivity contribution >= 4 is 38.5 Å². The van der Waals surface area contributed by atoms with Gasteiger partial charge in [-0.25, -0.2) is 13.8 Å². The van der Waals surface area contributed by atoms with Crippen LogP contribution >= 0.6 is 38.5 Å². The zero-order valence-electron chi connectivity index (χ0n) is 6.77. The molecule has 0 unspecified atom stereocenters. The van der Waals surface area contributed by atoms with Crippen molar-refractivity contribution in [3.63, 3.8) is 0 Å². The number of alkyl halides is 3. The van der Waals surface area contributed by atoms with Crippen LogP contribution < -0.4 is 0 Å². The average Bonchev–Trinajstić information content (AvgIpc) is 2.16. The van der Waals surface area contributed by atoms with Gasteiger partial charge in [0.2, 0.25) is 0 Å². The number of hydrogen-bond acceptors (Lipinski definition) is 2. The number of rotatable bonds is 2.